The number of fused-ring (bicyclic) bond motifs is 1. The zero-order valence-electron chi connectivity index (χ0n) is 15.5. The zero-order chi connectivity index (χ0) is 18.9. The molecule has 3 rings (SSSR count). The van der Waals surface area contributed by atoms with Gasteiger partial charge in [-0.25, -0.2) is 9.07 Å². The van der Waals surface area contributed by atoms with E-state index in [1.165, 1.54) is 12.1 Å². The summed E-state index contributed by atoms with van der Waals surface area (Å²) in [7, 11) is -2.06. The fraction of sp³-hybridized carbons (Fsp3) is 0.474. The van der Waals surface area contributed by atoms with Crippen LogP contribution in [0.1, 0.15) is 40.2 Å². The topological polar surface area (TPSA) is 64.0 Å². The number of aryl methyl sites for hydroxylation is 1. The minimum atomic E-state index is -2.06. The largest absolute Gasteiger partial charge is 0.351 e. The summed E-state index contributed by atoms with van der Waals surface area (Å²) in [6.45, 7) is 5.82. The molecule has 7 heteroatoms. The van der Waals surface area contributed by atoms with Crippen molar-refractivity contribution in [2.75, 3.05) is 26.0 Å². The lowest BCUT2D eigenvalue weighted by Crippen LogP contribution is -2.26. The summed E-state index contributed by atoms with van der Waals surface area (Å²) in [6.07, 6.45) is 3.91. The van der Waals surface area contributed by atoms with Crippen LogP contribution in [0.25, 0.3) is 5.69 Å². The van der Waals surface area contributed by atoms with Gasteiger partial charge in [-0.15, -0.1) is 0 Å². The number of hydrogen-bond donors (Lipinski definition) is 1. The second-order valence-electron chi connectivity index (χ2n) is 7.43. The van der Waals surface area contributed by atoms with Gasteiger partial charge < -0.3 is 9.88 Å². The van der Waals surface area contributed by atoms with Crippen LogP contribution >= 0.6 is 7.14 Å². The standard InChI is InChI=1S/C19H25FN3O2P/c1-13-10-14(20)12-15(11-13)23-17-7-4-6-16(17)18(22-23)19(24)21-8-5-9-26(2,3)25/h10-12H,4-9H2,1-3H3,(H,21,24). The van der Waals surface area contributed by atoms with Crippen LogP contribution in [0.2, 0.25) is 0 Å². The lowest BCUT2D eigenvalue weighted by molar-refractivity contribution is 0.0947. The number of benzene rings is 1. The molecule has 0 radical (unpaired) electrons. The SMILES string of the molecule is Cc1cc(F)cc(-n2nc(C(=O)NCCCP(C)(C)=O)c3c2CCC3)c1. The Labute approximate surface area is 153 Å². The lowest BCUT2D eigenvalue weighted by Gasteiger charge is -2.08. The van der Waals surface area contributed by atoms with Gasteiger partial charge in [0.2, 0.25) is 0 Å². The van der Waals surface area contributed by atoms with E-state index in [4.69, 9.17) is 0 Å². The number of nitrogens with one attached hydrogen (secondary N) is 1. The molecule has 26 heavy (non-hydrogen) atoms. The van der Waals surface area contributed by atoms with Gasteiger partial charge in [-0.05, 0) is 69.7 Å². The van der Waals surface area contributed by atoms with Gasteiger partial charge in [-0.3, -0.25) is 4.79 Å². The normalized spacial score (nSPS) is 13.7. The number of nitrogens with zero attached hydrogens (tertiary/aromatic N) is 2. The Kier molecular flexibility index (Phi) is 5.33. The minimum absolute atomic E-state index is 0.211. The van der Waals surface area contributed by atoms with Crippen molar-refractivity contribution in [1.82, 2.24) is 15.1 Å². The van der Waals surface area contributed by atoms with E-state index in [1.807, 2.05) is 13.0 Å². The van der Waals surface area contributed by atoms with Gasteiger partial charge in [0.05, 0.1) is 12.8 Å². The molecule has 1 aromatic carbocycles. The van der Waals surface area contributed by atoms with E-state index in [2.05, 4.69) is 10.4 Å². The van der Waals surface area contributed by atoms with Crippen LogP contribution < -0.4 is 5.32 Å². The van der Waals surface area contributed by atoms with Crippen molar-refractivity contribution in [3.63, 3.8) is 0 Å². The molecular weight excluding hydrogens is 352 g/mol. The zero-order valence-corrected chi connectivity index (χ0v) is 16.4. The Morgan fingerprint density at radius 3 is 2.77 bits per heavy atom. The summed E-state index contributed by atoms with van der Waals surface area (Å²) in [4.78, 5) is 12.6. The molecule has 2 aromatic rings. The van der Waals surface area contributed by atoms with Gasteiger partial charge in [0.25, 0.3) is 5.91 Å². The summed E-state index contributed by atoms with van der Waals surface area (Å²) in [5.74, 6) is -0.520. The third-order valence-corrected chi connectivity index (χ3v) is 5.97. The van der Waals surface area contributed by atoms with E-state index in [0.29, 0.717) is 30.5 Å². The van der Waals surface area contributed by atoms with E-state index in [1.54, 1.807) is 18.0 Å². The third kappa shape index (κ3) is 4.24. The van der Waals surface area contributed by atoms with Crippen molar-refractivity contribution < 1.29 is 13.8 Å². The average Bonchev–Trinajstić information content (AvgIpc) is 3.11. The molecule has 1 N–H and O–H groups in total. The molecule has 1 amide bonds. The first kappa shape index (κ1) is 18.8. The molecule has 0 bridgehead atoms. The number of carbonyl (C=O) groups excluding carboxylic acids is 1. The fourth-order valence-corrected chi connectivity index (χ4v) is 4.34. The highest BCUT2D eigenvalue weighted by Gasteiger charge is 2.27. The van der Waals surface area contributed by atoms with Gasteiger partial charge in [0.1, 0.15) is 5.82 Å². The van der Waals surface area contributed by atoms with Crippen molar-refractivity contribution in [3.05, 3.63) is 46.5 Å². The summed E-state index contributed by atoms with van der Waals surface area (Å²) in [6, 6.07) is 4.79. The van der Waals surface area contributed by atoms with Crippen LogP contribution in [0, 0.1) is 12.7 Å². The maximum Gasteiger partial charge on any atom is 0.272 e. The van der Waals surface area contributed by atoms with Crippen LogP contribution in [-0.2, 0) is 17.4 Å². The highest BCUT2D eigenvalue weighted by molar-refractivity contribution is 7.62. The first-order chi connectivity index (χ1) is 12.2. The molecule has 1 heterocycles. The summed E-state index contributed by atoms with van der Waals surface area (Å²) < 4.78 is 27.2. The van der Waals surface area contributed by atoms with E-state index in [0.717, 1.165) is 36.1 Å². The van der Waals surface area contributed by atoms with Gasteiger partial charge in [0.15, 0.2) is 5.69 Å². The van der Waals surface area contributed by atoms with Crippen LogP contribution in [0.4, 0.5) is 4.39 Å². The molecule has 0 atom stereocenters. The molecule has 0 fully saturated rings. The summed E-state index contributed by atoms with van der Waals surface area (Å²) >= 11 is 0. The number of aromatic nitrogens is 2. The van der Waals surface area contributed by atoms with Crippen LogP contribution in [0.3, 0.4) is 0 Å². The van der Waals surface area contributed by atoms with E-state index in [-0.39, 0.29) is 11.7 Å². The predicted octanol–water partition coefficient (Wildman–Crippen LogP) is 3.55. The van der Waals surface area contributed by atoms with Crippen LogP contribution in [-0.4, -0.2) is 41.7 Å². The van der Waals surface area contributed by atoms with Gasteiger partial charge in [-0.2, -0.15) is 5.10 Å². The highest BCUT2D eigenvalue weighted by atomic mass is 31.2. The highest BCUT2D eigenvalue weighted by Crippen LogP contribution is 2.36. The van der Waals surface area contributed by atoms with Crippen molar-refractivity contribution >= 4 is 13.0 Å². The van der Waals surface area contributed by atoms with Crippen LogP contribution in [0.5, 0.6) is 0 Å². The maximum absolute atomic E-state index is 13.8. The monoisotopic (exact) mass is 377 g/mol. The van der Waals surface area contributed by atoms with Gasteiger partial charge in [0, 0.05) is 24.0 Å². The van der Waals surface area contributed by atoms with Crippen molar-refractivity contribution in [2.45, 2.75) is 32.6 Å². The molecule has 1 aliphatic rings. The Hall–Kier alpha value is -1.94. The van der Waals surface area contributed by atoms with E-state index >= 15 is 0 Å². The second-order valence-corrected chi connectivity index (χ2v) is 11.0. The number of rotatable bonds is 6. The average molecular weight is 377 g/mol. The molecule has 0 spiro atoms. The van der Waals surface area contributed by atoms with Crippen LogP contribution in [0.15, 0.2) is 18.2 Å². The molecule has 140 valence electrons. The number of amides is 1. The first-order valence-electron chi connectivity index (χ1n) is 8.95. The smallest absolute Gasteiger partial charge is 0.272 e. The number of halogens is 1. The summed E-state index contributed by atoms with van der Waals surface area (Å²) in [5, 5.41) is 7.37. The number of carbonyl (C=O) groups is 1. The molecule has 0 unspecified atom stereocenters. The van der Waals surface area contributed by atoms with Crippen molar-refractivity contribution in [3.8, 4) is 5.69 Å². The third-order valence-electron chi connectivity index (χ3n) is 4.58. The Balaban J connectivity index is 1.81. The van der Waals surface area contributed by atoms with E-state index < -0.39 is 7.14 Å². The lowest BCUT2D eigenvalue weighted by atomic mass is 10.2. The van der Waals surface area contributed by atoms with Crippen molar-refractivity contribution in [1.29, 1.82) is 0 Å². The molecule has 1 aromatic heterocycles. The molecule has 1 aliphatic carbocycles. The molecule has 5 nitrogen and oxygen atoms in total. The Bertz CT molecular complexity index is 865. The van der Waals surface area contributed by atoms with Crippen molar-refractivity contribution in [2.24, 2.45) is 0 Å². The fourth-order valence-electron chi connectivity index (χ4n) is 3.42. The molecule has 0 saturated carbocycles. The Morgan fingerprint density at radius 1 is 1.31 bits per heavy atom. The summed E-state index contributed by atoms with van der Waals surface area (Å²) in [5.41, 5.74) is 3.85. The second kappa shape index (κ2) is 7.36. The van der Waals surface area contributed by atoms with Gasteiger partial charge in [-0.1, -0.05) is 0 Å². The Morgan fingerprint density at radius 2 is 2.08 bits per heavy atom. The predicted molar refractivity (Wildman–Crippen MR) is 102 cm³/mol. The van der Waals surface area contributed by atoms with E-state index in [9.17, 15) is 13.8 Å². The molecule has 0 saturated heterocycles. The minimum Gasteiger partial charge on any atom is -0.351 e. The number of hydrogen-bond acceptors (Lipinski definition) is 3. The first-order valence-corrected chi connectivity index (χ1v) is 11.7. The quantitative estimate of drug-likeness (QED) is 0.619. The maximum atomic E-state index is 13.8. The molecule has 0 aliphatic heterocycles. The van der Waals surface area contributed by atoms with Gasteiger partial charge >= 0.3 is 0 Å². The molecular formula is C19H25FN3O2P.